The van der Waals surface area contributed by atoms with Gasteiger partial charge in [0.2, 0.25) is 0 Å². The molecule has 0 radical (unpaired) electrons. The zero-order valence-corrected chi connectivity index (χ0v) is 11.9. The second-order valence-electron chi connectivity index (χ2n) is 4.83. The molecule has 2 rings (SSSR count). The number of hydrogen-bond donors (Lipinski definition) is 1. The predicted molar refractivity (Wildman–Crippen MR) is 79.7 cm³/mol. The summed E-state index contributed by atoms with van der Waals surface area (Å²) in [4.78, 5) is 0. The summed E-state index contributed by atoms with van der Waals surface area (Å²) >= 11 is 0. The number of nitrogens with two attached hydrogens (primary N) is 1. The lowest BCUT2D eigenvalue weighted by Gasteiger charge is -2.13. The molecule has 0 spiro atoms. The van der Waals surface area contributed by atoms with Crippen molar-refractivity contribution in [1.82, 2.24) is 0 Å². The van der Waals surface area contributed by atoms with Gasteiger partial charge in [0.25, 0.3) is 0 Å². The Kier molecular flexibility index (Phi) is 4.22. The molecule has 2 aromatic rings. The lowest BCUT2D eigenvalue weighted by molar-refractivity contribution is 0.577. The second kappa shape index (κ2) is 5.72. The molecule has 0 aliphatic rings. The van der Waals surface area contributed by atoms with Crippen LogP contribution >= 0.6 is 0 Å². The summed E-state index contributed by atoms with van der Waals surface area (Å²) in [6.45, 7) is 2.13. The highest BCUT2D eigenvalue weighted by molar-refractivity contribution is 7.91. The van der Waals surface area contributed by atoms with Crippen LogP contribution in [-0.2, 0) is 15.6 Å². The van der Waals surface area contributed by atoms with E-state index in [1.165, 1.54) is 0 Å². The molecule has 102 valence electrons. The van der Waals surface area contributed by atoms with E-state index < -0.39 is 15.1 Å². The van der Waals surface area contributed by atoms with Crippen molar-refractivity contribution in [3.05, 3.63) is 48.0 Å². The summed E-state index contributed by atoms with van der Waals surface area (Å²) < 4.78 is 24.6. The third kappa shape index (κ3) is 3.14. The fourth-order valence-corrected chi connectivity index (χ4v) is 3.66. The van der Waals surface area contributed by atoms with Crippen molar-refractivity contribution in [3.8, 4) is 0 Å². The molecule has 0 amide bonds. The van der Waals surface area contributed by atoms with Gasteiger partial charge >= 0.3 is 0 Å². The molecule has 3 nitrogen and oxygen atoms in total. The van der Waals surface area contributed by atoms with Gasteiger partial charge in [-0.15, -0.1) is 0 Å². The summed E-state index contributed by atoms with van der Waals surface area (Å²) in [6.07, 6.45) is 0.507. The molecule has 0 saturated heterocycles. The molecular weight excluding hydrogens is 258 g/mol. The van der Waals surface area contributed by atoms with E-state index in [1.54, 1.807) is 6.92 Å². The van der Waals surface area contributed by atoms with Crippen LogP contribution in [0.15, 0.2) is 42.5 Å². The van der Waals surface area contributed by atoms with Crippen LogP contribution in [0.4, 0.5) is 0 Å². The van der Waals surface area contributed by atoms with E-state index in [0.717, 1.165) is 16.3 Å². The number of rotatable bonds is 5. The first kappa shape index (κ1) is 14.0. The maximum absolute atomic E-state index is 12.3. The van der Waals surface area contributed by atoms with Crippen LogP contribution in [-0.4, -0.2) is 20.2 Å². The maximum atomic E-state index is 12.3. The van der Waals surface area contributed by atoms with Gasteiger partial charge in [-0.05, 0) is 36.2 Å². The second-order valence-corrected chi connectivity index (χ2v) is 7.25. The highest BCUT2D eigenvalue weighted by Crippen LogP contribution is 2.22. The Morgan fingerprint density at radius 1 is 1.11 bits per heavy atom. The van der Waals surface area contributed by atoms with Gasteiger partial charge in [-0.25, -0.2) is 8.42 Å². The van der Waals surface area contributed by atoms with Crippen LogP contribution in [0.1, 0.15) is 18.9 Å². The number of fused-ring (bicyclic) bond motifs is 1. The van der Waals surface area contributed by atoms with E-state index >= 15 is 0 Å². The minimum absolute atomic E-state index is 0.0789. The number of hydrogen-bond acceptors (Lipinski definition) is 3. The Labute approximate surface area is 114 Å². The Balaban J connectivity index is 2.36. The molecule has 4 heteroatoms. The molecule has 0 aliphatic heterocycles. The largest absolute Gasteiger partial charge is 0.330 e. The number of sulfone groups is 1. The number of benzene rings is 2. The Morgan fingerprint density at radius 2 is 1.79 bits per heavy atom. The third-order valence-electron chi connectivity index (χ3n) is 3.42. The minimum Gasteiger partial charge on any atom is -0.330 e. The molecule has 0 heterocycles. The smallest absolute Gasteiger partial charge is 0.157 e. The van der Waals surface area contributed by atoms with E-state index in [9.17, 15) is 8.42 Å². The van der Waals surface area contributed by atoms with Crippen molar-refractivity contribution in [3.63, 3.8) is 0 Å². The molecule has 0 bridgehead atoms. The van der Waals surface area contributed by atoms with Crippen molar-refractivity contribution in [1.29, 1.82) is 0 Å². The van der Waals surface area contributed by atoms with Crippen LogP contribution in [0.2, 0.25) is 0 Å². The Morgan fingerprint density at radius 3 is 2.53 bits per heavy atom. The van der Waals surface area contributed by atoms with Crippen LogP contribution in [0.3, 0.4) is 0 Å². The SMILES string of the molecule is CC(CCN)S(=O)(=O)Cc1cccc2ccccc12. The first-order valence-corrected chi connectivity index (χ1v) is 8.14. The van der Waals surface area contributed by atoms with E-state index in [2.05, 4.69) is 0 Å². The third-order valence-corrected chi connectivity index (χ3v) is 5.60. The van der Waals surface area contributed by atoms with Gasteiger partial charge in [0.05, 0.1) is 11.0 Å². The van der Waals surface area contributed by atoms with Gasteiger partial charge in [-0.2, -0.15) is 0 Å². The molecule has 1 atom stereocenters. The first-order chi connectivity index (χ1) is 9.04. The van der Waals surface area contributed by atoms with Crippen molar-refractivity contribution in [2.75, 3.05) is 6.54 Å². The summed E-state index contributed by atoms with van der Waals surface area (Å²) in [6, 6.07) is 13.6. The molecule has 0 fully saturated rings. The van der Waals surface area contributed by atoms with Crippen LogP contribution < -0.4 is 5.73 Å². The standard InChI is InChI=1S/C15H19NO2S/c1-12(9-10-16)19(17,18)11-14-7-4-6-13-5-2-3-8-15(13)14/h2-8,12H,9-11,16H2,1H3. The van der Waals surface area contributed by atoms with Crippen molar-refractivity contribution >= 4 is 20.6 Å². The zero-order chi connectivity index (χ0) is 13.9. The van der Waals surface area contributed by atoms with Gasteiger partial charge < -0.3 is 5.73 Å². The van der Waals surface area contributed by atoms with Gasteiger partial charge in [0, 0.05) is 0 Å². The minimum atomic E-state index is -3.15. The lowest BCUT2D eigenvalue weighted by atomic mass is 10.1. The molecule has 2 N–H and O–H groups in total. The quantitative estimate of drug-likeness (QED) is 0.913. The molecule has 0 aliphatic carbocycles. The fourth-order valence-electron chi connectivity index (χ4n) is 2.19. The van der Waals surface area contributed by atoms with E-state index in [1.807, 2.05) is 42.5 Å². The highest BCUT2D eigenvalue weighted by Gasteiger charge is 2.21. The lowest BCUT2D eigenvalue weighted by Crippen LogP contribution is -2.22. The summed E-state index contributed by atoms with van der Waals surface area (Å²) in [5, 5.41) is 1.69. The van der Waals surface area contributed by atoms with Crippen LogP contribution in [0, 0.1) is 0 Å². The first-order valence-electron chi connectivity index (χ1n) is 6.43. The van der Waals surface area contributed by atoms with Gasteiger partial charge in [-0.1, -0.05) is 42.5 Å². The summed E-state index contributed by atoms with van der Waals surface area (Å²) in [5.41, 5.74) is 6.31. The average molecular weight is 277 g/mol. The fraction of sp³-hybridized carbons (Fsp3) is 0.333. The average Bonchev–Trinajstić information content (AvgIpc) is 2.39. The van der Waals surface area contributed by atoms with Crippen molar-refractivity contribution in [2.45, 2.75) is 24.3 Å². The van der Waals surface area contributed by atoms with E-state index in [4.69, 9.17) is 5.73 Å². The van der Waals surface area contributed by atoms with Gasteiger partial charge in [-0.3, -0.25) is 0 Å². The summed E-state index contributed by atoms with van der Waals surface area (Å²) in [7, 11) is -3.15. The van der Waals surface area contributed by atoms with Crippen LogP contribution in [0.25, 0.3) is 10.8 Å². The normalized spacial score (nSPS) is 13.6. The Bertz CT molecular complexity index is 659. The molecule has 19 heavy (non-hydrogen) atoms. The zero-order valence-electron chi connectivity index (χ0n) is 11.0. The van der Waals surface area contributed by atoms with E-state index in [0.29, 0.717) is 13.0 Å². The highest BCUT2D eigenvalue weighted by atomic mass is 32.2. The monoisotopic (exact) mass is 277 g/mol. The predicted octanol–water partition coefficient (Wildman–Crippen LogP) is 2.49. The van der Waals surface area contributed by atoms with Crippen molar-refractivity contribution in [2.24, 2.45) is 5.73 Å². The van der Waals surface area contributed by atoms with Gasteiger partial charge in [0.1, 0.15) is 0 Å². The molecule has 1 unspecified atom stereocenters. The summed E-state index contributed by atoms with van der Waals surface area (Å²) in [5.74, 6) is 0.0789. The van der Waals surface area contributed by atoms with Crippen molar-refractivity contribution < 1.29 is 8.42 Å². The van der Waals surface area contributed by atoms with Crippen LogP contribution in [0.5, 0.6) is 0 Å². The maximum Gasteiger partial charge on any atom is 0.157 e. The Hall–Kier alpha value is -1.39. The molecule has 2 aromatic carbocycles. The van der Waals surface area contributed by atoms with Gasteiger partial charge in [0.15, 0.2) is 9.84 Å². The molecule has 0 aromatic heterocycles. The molecular formula is C15H19NO2S. The topological polar surface area (TPSA) is 60.2 Å². The van der Waals surface area contributed by atoms with E-state index in [-0.39, 0.29) is 5.75 Å². The molecule has 0 saturated carbocycles.